The minimum absolute atomic E-state index is 0.0602. The first kappa shape index (κ1) is 15.9. The third-order valence-electron chi connectivity index (χ3n) is 5.42. The van der Waals surface area contributed by atoms with Gasteiger partial charge in [0.1, 0.15) is 5.78 Å². The molecule has 0 aromatic heterocycles. The van der Waals surface area contributed by atoms with Crippen molar-refractivity contribution in [1.82, 2.24) is 4.72 Å². The molecule has 1 N–H and O–H groups in total. The zero-order valence-corrected chi connectivity index (χ0v) is 13.4. The molecule has 2 unspecified atom stereocenters. The van der Waals surface area contributed by atoms with Gasteiger partial charge in [-0.1, -0.05) is 13.8 Å². The molecule has 2 bridgehead atoms. The van der Waals surface area contributed by atoms with E-state index in [1.807, 2.05) is 0 Å². The molecular weight excluding hydrogens is 278 g/mol. The maximum absolute atomic E-state index is 12.3. The summed E-state index contributed by atoms with van der Waals surface area (Å²) in [4.78, 5) is 12.3. The van der Waals surface area contributed by atoms with Gasteiger partial charge < -0.3 is 4.74 Å². The van der Waals surface area contributed by atoms with Crippen LogP contribution < -0.4 is 4.72 Å². The zero-order valence-electron chi connectivity index (χ0n) is 12.6. The average Bonchev–Trinajstić information content (AvgIpc) is 2.68. The van der Waals surface area contributed by atoms with E-state index in [1.54, 1.807) is 7.11 Å². The monoisotopic (exact) mass is 303 g/mol. The number of carbonyl (C=O) groups is 1. The third-order valence-corrected chi connectivity index (χ3v) is 6.94. The molecule has 20 heavy (non-hydrogen) atoms. The first-order valence-corrected chi connectivity index (χ1v) is 8.90. The number of fused-ring (bicyclic) bond motifs is 2. The number of nitrogens with one attached hydrogen (secondary N) is 1. The zero-order chi connectivity index (χ0) is 15.0. The number of hydrogen-bond acceptors (Lipinski definition) is 4. The van der Waals surface area contributed by atoms with Gasteiger partial charge in [0.15, 0.2) is 0 Å². The van der Waals surface area contributed by atoms with E-state index < -0.39 is 15.4 Å². The summed E-state index contributed by atoms with van der Waals surface area (Å²) < 4.78 is 32.0. The lowest BCUT2D eigenvalue weighted by Crippen LogP contribution is -2.45. The molecule has 0 radical (unpaired) electrons. The number of sulfonamides is 1. The van der Waals surface area contributed by atoms with E-state index in [0.717, 1.165) is 6.42 Å². The first-order chi connectivity index (χ1) is 9.25. The molecule has 0 aromatic rings. The Morgan fingerprint density at radius 2 is 2.10 bits per heavy atom. The Hall–Kier alpha value is -0.460. The minimum atomic E-state index is -3.42. The van der Waals surface area contributed by atoms with Crippen LogP contribution >= 0.6 is 0 Å². The molecule has 0 aliphatic heterocycles. The van der Waals surface area contributed by atoms with Gasteiger partial charge in [0.25, 0.3) is 0 Å². The summed E-state index contributed by atoms with van der Waals surface area (Å²) in [6, 6.07) is 0. The summed E-state index contributed by atoms with van der Waals surface area (Å²) in [5.74, 6) is 0.426. The van der Waals surface area contributed by atoms with Gasteiger partial charge in [0.2, 0.25) is 10.0 Å². The predicted molar refractivity (Wildman–Crippen MR) is 76.8 cm³/mol. The standard InChI is InChI=1S/C14H25NO4S/c1-13(2)11-5-6-14(13,12(16)9-11)10-20(17,18)15-7-4-8-19-3/h11,15H,4-10H2,1-3H3. The van der Waals surface area contributed by atoms with Gasteiger partial charge in [-0.2, -0.15) is 0 Å². The topological polar surface area (TPSA) is 72.5 Å². The number of methoxy groups -OCH3 is 1. The molecule has 0 heterocycles. The van der Waals surface area contributed by atoms with Crippen molar-refractivity contribution >= 4 is 15.8 Å². The Balaban J connectivity index is 2.06. The highest BCUT2D eigenvalue weighted by Crippen LogP contribution is 2.64. The van der Waals surface area contributed by atoms with Crippen molar-refractivity contribution in [2.24, 2.45) is 16.7 Å². The molecule has 0 saturated heterocycles. The lowest BCUT2D eigenvalue weighted by molar-refractivity contribution is -0.128. The molecule has 2 saturated carbocycles. The third kappa shape index (κ3) is 2.53. The molecule has 2 aliphatic rings. The molecule has 2 rings (SSSR count). The van der Waals surface area contributed by atoms with Crippen LogP contribution in [-0.2, 0) is 19.6 Å². The van der Waals surface area contributed by atoms with Crippen LogP contribution in [0.25, 0.3) is 0 Å². The van der Waals surface area contributed by atoms with Crippen LogP contribution in [0.1, 0.15) is 39.5 Å². The largest absolute Gasteiger partial charge is 0.385 e. The minimum Gasteiger partial charge on any atom is -0.385 e. The van der Waals surface area contributed by atoms with Crippen LogP contribution in [0.2, 0.25) is 0 Å². The van der Waals surface area contributed by atoms with Crippen molar-refractivity contribution in [3.63, 3.8) is 0 Å². The number of rotatable bonds is 7. The van der Waals surface area contributed by atoms with E-state index >= 15 is 0 Å². The molecule has 0 spiro atoms. The van der Waals surface area contributed by atoms with E-state index in [0.29, 0.717) is 38.3 Å². The number of Topliss-reactive ketones (excluding diaryl/α,β-unsaturated/α-hetero) is 1. The molecule has 2 atom stereocenters. The Bertz CT molecular complexity index is 485. The number of ether oxygens (including phenoxy) is 1. The van der Waals surface area contributed by atoms with Crippen LogP contribution in [0.3, 0.4) is 0 Å². The fraction of sp³-hybridized carbons (Fsp3) is 0.929. The van der Waals surface area contributed by atoms with Gasteiger partial charge in [-0.15, -0.1) is 0 Å². The fourth-order valence-corrected chi connectivity index (χ4v) is 5.81. The van der Waals surface area contributed by atoms with Crippen LogP contribution in [0.15, 0.2) is 0 Å². The molecule has 5 nitrogen and oxygen atoms in total. The average molecular weight is 303 g/mol. The second kappa shape index (κ2) is 5.39. The van der Waals surface area contributed by atoms with Crippen molar-refractivity contribution < 1.29 is 17.9 Å². The predicted octanol–water partition coefficient (Wildman–Crippen LogP) is 1.34. The van der Waals surface area contributed by atoms with Gasteiger partial charge in [0.05, 0.1) is 5.75 Å². The summed E-state index contributed by atoms with van der Waals surface area (Å²) in [5, 5.41) is 0. The maximum Gasteiger partial charge on any atom is 0.212 e. The number of ketones is 1. The SMILES string of the molecule is COCCCNS(=O)(=O)CC12CCC(CC1=O)C2(C)C. The fourth-order valence-electron chi connectivity index (χ4n) is 3.93. The summed E-state index contributed by atoms with van der Waals surface area (Å²) in [7, 11) is -1.83. The Kier molecular flexibility index (Phi) is 4.29. The molecule has 0 aromatic carbocycles. The molecule has 0 amide bonds. The second-order valence-electron chi connectivity index (χ2n) is 6.67. The lowest BCUT2D eigenvalue weighted by atomic mass is 9.70. The highest BCUT2D eigenvalue weighted by molar-refractivity contribution is 7.89. The molecule has 116 valence electrons. The Morgan fingerprint density at radius 3 is 2.60 bits per heavy atom. The molecule has 2 aliphatic carbocycles. The summed E-state index contributed by atoms with van der Waals surface area (Å²) >= 11 is 0. The van der Waals surface area contributed by atoms with Crippen molar-refractivity contribution in [3.8, 4) is 0 Å². The van der Waals surface area contributed by atoms with Crippen molar-refractivity contribution in [1.29, 1.82) is 0 Å². The van der Waals surface area contributed by atoms with Crippen molar-refractivity contribution in [2.75, 3.05) is 26.0 Å². The summed E-state index contributed by atoms with van der Waals surface area (Å²) in [5.41, 5.74) is -0.879. The quantitative estimate of drug-likeness (QED) is 0.720. The van der Waals surface area contributed by atoms with Gasteiger partial charge in [-0.25, -0.2) is 13.1 Å². The smallest absolute Gasteiger partial charge is 0.212 e. The van der Waals surface area contributed by atoms with E-state index in [4.69, 9.17) is 4.74 Å². The van der Waals surface area contributed by atoms with Crippen molar-refractivity contribution in [3.05, 3.63) is 0 Å². The molecular formula is C14H25NO4S. The van der Waals surface area contributed by atoms with Gasteiger partial charge in [-0.3, -0.25) is 4.79 Å². The van der Waals surface area contributed by atoms with Crippen LogP contribution in [0, 0.1) is 16.7 Å². The van der Waals surface area contributed by atoms with Gasteiger partial charge in [0, 0.05) is 32.1 Å². The van der Waals surface area contributed by atoms with E-state index in [-0.39, 0.29) is 17.0 Å². The van der Waals surface area contributed by atoms with E-state index in [1.165, 1.54) is 0 Å². The molecule has 2 fully saturated rings. The number of hydrogen-bond donors (Lipinski definition) is 1. The van der Waals surface area contributed by atoms with E-state index in [2.05, 4.69) is 18.6 Å². The van der Waals surface area contributed by atoms with Crippen LogP contribution in [0.4, 0.5) is 0 Å². The second-order valence-corrected chi connectivity index (χ2v) is 8.47. The summed E-state index contributed by atoms with van der Waals surface area (Å²) in [6.07, 6.45) is 2.87. The van der Waals surface area contributed by atoms with Gasteiger partial charge in [-0.05, 0) is 30.6 Å². The lowest BCUT2D eigenvalue weighted by Gasteiger charge is -2.36. The Morgan fingerprint density at radius 1 is 1.40 bits per heavy atom. The van der Waals surface area contributed by atoms with Crippen molar-refractivity contribution in [2.45, 2.75) is 39.5 Å². The maximum atomic E-state index is 12.3. The van der Waals surface area contributed by atoms with E-state index in [9.17, 15) is 13.2 Å². The number of carbonyl (C=O) groups excluding carboxylic acids is 1. The highest BCUT2D eigenvalue weighted by Gasteiger charge is 2.65. The van der Waals surface area contributed by atoms with Gasteiger partial charge >= 0.3 is 0 Å². The molecule has 6 heteroatoms. The van der Waals surface area contributed by atoms with Crippen LogP contribution in [-0.4, -0.2) is 40.2 Å². The first-order valence-electron chi connectivity index (χ1n) is 7.25. The highest BCUT2D eigenvalue weighted by atomic mass is 32.2. The summed E-state index contributed by atoms with van der Waals surface area (Å²) in [6.45, 7) is 5.00. The van der Waals surface area contributed by atoms with Crippen LogP contribution in [0.5, 0.6) is 0 Å². The Labute approximate surface area is 121 Å². The normalized spacial score (nSPS) is 31.9.